The van der Waals surface area contributed by atoms with Gasteiger partial charge in [0.15, 0.2) is 0 Å². The molecule has 0 amide bonds. The van der Waals surface area contributed by atoms with Gasteiger partial charge in [0.05, 0.1) is 19.6 Å². The summed E-state index contributed by atoms with van der Waals surface area (Å²) < 4.78 is 7.25. The Morgan fingerprint density at radius 3 is 2.10 bits per heavy atom. The first-order valence-corrected chi connectivity index (χ1v) is 9.93. The second kappa shape index (κ2) is 8.14. The number of carbonyl (C=O) groups is 1. The van der Waals surface area contributed by atoms with E-state index in [1.807, 2.05) is 30.3 Å². The Balaban J connectivity index is 2.02. The fraction of sp³-hybridized carbons (Fsp3) is 0.160. The highest BCUT2D eigenvalue weighted by Gasteiger charge is 2.24. The number of halogens is 1. The number of rotatable bonds is 5. The van der Waals surface area contributed by atoms with Gasteiger partial charge in [-0.15, -0.1) is 0 Å². The summed E-state index contributed by atoms with van der Waals surface area (Å²) in [7, 11) is 1.42. The molecule has 0 radical (unpaired) electrons. The van der Waals surface area contributed by atoms with Gasteiger partial charge in [-0.25, -0.2) is 0 Å². The summed E-state index contributed by atoms with van der Waals surface area (Å²) in [4.78, 5) is 12.1. The topological polar surface area (TPSA) is 31.2 Å². The number of ether oxygens (including phenoxy) is 1. The van der Waals surface area contributed by atoms with Gasteiger partial charge in [-0.1, -0.05) is 72.3 Å². The largest absolute Gasteiger partial charge is 0.469 e. The van der Waals surface area contributed by atoms with E-state index in [9.17, 15) is 4.79 Å². The molecule has 0 fully saturated rings. The molecule has 0 saturated carbocycles. The van der Waals surface area contributed by atoms with Crippen LogP contribution in [0.4, 0.5) is 0 Å². The van der Waals surface area contributed by atoms with E-state index >= 15 is 0 Å². The average molecular weight is 404 g/mol. The quantitative estimate of drug-likeness (QED) is 0.385. The molecule has 0 bridgehead atoms. The first-order valence-electron chi connectivity index (χ1n) is 9.55. The molecule has 3 aromatic carbocycles. The van der Waals surface area contributed by atoms with Crippen LogP contribution in [0.3, 0.4) is 0 Å². The van der Waals surface area contributed by atoms with Gasteiger partial charge in [-0.2, -0.15) is 0 Å². The van der Waals surface area contributed by atoms with Crippen LogP contribution in [0.25, 0.3) is 10.9 Å². The van der Waals surface area contributed by atoms with Crippen molar-refractivity contribution in [2.24, 2.45) is 0 Å². The zero-order valence-electron chi connectivity index (χ0n) is 16.4. The Hall–Kier alpha value is -3.04. The molecular weight excluding hydrogens is 382 g/mol. The second-order valence-electron chi connectivity index (χ2n) is 7.07. The lowest BCUT2D eigenvalue weighted by Gasteiger charge is -2.23. The lowest BCUT2D eigenvalue weighted by Crippen LogP contribution is -2.14. The van der Waals surface area contributed by atoms with E-state index in [0.717, 1.165) is 22.2 Å². The SMILES string of the molecule is COC(=O)Cc1c(C)n(C(c2ccccc2)c2ccccc2)c2ccc(Cl)cc12. The van der Waals surface area contributed by atoms with Crippen molar-refractivity contribution < 1.29 is 9.53 Å². The minimum absolute atomic E-state index is 0.0209. The Morgan fingerprint density at radius 2 is 1.55 bits per heavy atom. The molecule has 29 heavy (non-hydrogen) atoms. The summed E-state index contributed by atoms with van der Waals surface area (Å²) in [5.74, 6) is -0.261. The van der Waals surface area contributed by atoms with Crippen LogP contribution < -0.4 is 0 Å². The number of nitrogens with zero attached hydrogens (tertiary/aromatic N) is 1. The summed E-state index contributed by atoms with van der Waals surface area (Å²) in [5, 5.41) is 1.63. The molecule has 0 aliphatic carbocycles. The highest BCUT2D eigenvalue weighted by atomic mass is 35.5. The Labute approximate surface area is 175 Å². The highest BCUT2D eigenvalue weighted by Crippen LogP contribution is 2.37. The summed E-state index contributed by atoms with van der Waals surface area (Å²) in [6.07, 6.45) is 0.211. The predicted molar refractivity (Wildman–Crippen MR) is 118 cm³/mol. The molecule has 146 valence electrons. The maximum Gasteiger partial charge on any atom is 0.310 e. The summed E-state index contributed by atoms with van der Waals surface area (Å²) in [5.41, 5.74) is 5.39. The van der Waals surface area contributed by atoms with Crippen molar-refractivity contribution in [2.75, 3.05) is 7.11 Å². The van der Waals surface area contributed by atoms with E-state index in [1.165, 1.54) is 18.2 Å². The summed E-state index contributed by atoms with van der Waals surface area (Å²) in [6, 6.07) is 26.7. The first kappa shape index (κ1) is 19.3. The first-order chi connectivity index (χ1) is 14.1. The third kappa shape index (κ3) is 3.66. The number of hydrogen-bond acceptors (Lipinski definition) is 2. The molecule has 0 spiro atoms. The van der Waals surface area contributed by atoms with Crippen LogP contribution in [-0.2, 0) is 16.0 Å². The van der Waals surface area contributed by atoms with Gasteiger partial charge in [0.1, 0.15) is 0 Å². The van der Waals surface area contributed by atoms with Gasteiger partial charge in [0.25, 0.3) is 0 Å². The van der Waals surface area contributed by atoms with Gasteiger partial charge in [0.2, 0.25) is 0 Å². The molecule has 0 saturated heterocycles. The van der Waals surface area contributed by atoms with Crippen LogP contribution >= 0.6 is 11.6 Å². The third-order valence-electron chi connectivity index (χ3n) is 5.38. The zero-order chi connectivity index (χ0) is 20.4. The molecule has 4 rings (SSSR count). The minimum atomic E-state index is -0.261. The van der Waals surface area contributed by atoms with Crippen LogP contribution in [-0.4, -0.2) is 17.6 Å². The highest BCUT2D eigenvalue weighted by molar-refractivity contribution is 6.31. The van der Waals surface area contributed by atoms with Crippen molar-refractivity contribution in [3.8, 4) is 0 Å². The molecule has 3 nitrogen and oxygen atoms in total. The van der Waals surface area contributed by atoms with Crippen LogP contribution in [0.2, 0.25) is 5.02 Å². The van der Waals surface area contributed by atoms with E-state index in [0.29, 0.717) is 5.02 Å². The van der Waals surface area contributed by atoms with Gasteiger partial charge in [-0.3, -0.25) is 4.79 Å². The molecule has 0 aliphatic rings. The number of benzene rings is 3. The van der Waals surface area contributed by atoms with Gasteiger partial charge in [-0.05, 0) is 41.8 Å². The lowest BCUT2D eigenvalue weighted by molar-refractivity contribution is -0.139. The third-order valence-corrected chi connectivity index (χ3v) is 5.61. The van der Waals surface area contributed by atoms with Crippen LogP contribution in [0.15, 0.2) is 78.9 Å². The molecule has 1 heterocycles. The fourth-order valence-electron chi connectivity index (χ4n) is 4.01. The monoisotopic (exact) mass is 403 g/mol. The summed E-state index contributed by atoms with van der Waals surface area (Å²) in [6.45, 7) is 2.06. The molecule has 0 atom stereocenters. The molecule has 1 aromatic heterocycles. The predicted octanol–water partition coefficient (Wildman–Crippen LogP) is 5.96. The number of fused-ring (bicyclic) bond motifs is 1. The fourth-order valence-corrected chi connectivity index (χ4v) is 4.19. The number of esters is 1. The van der Waals surface area contributed by atoms with Crippen LogP contribution in [0, 0.1) is 6.92 Å². The van der Waals surface area contributed by atoms with E-state index < -0.39 is 0 Å². The normalized spacial score (nSPS) is 11.2. The number of aromatic nitrogens is 1. The van der Waals surface area contributed by atoms with E-state index in [2.05, 4.69) is 60.0 Å². The Bertz CT molecular complexity index is 1110. The number of methoxy groups -OCH3 is 1. The number of carbonyl (C=O) groups excluding carboxylic acids is 1. The maximum absolute atomic E-state index is 12.1. The molecule has 4 aromatic rings. The smallest absolute Gasteiger partial charge is 0.310 e. The van der Waals surface area contributed by atoms with E-state index in [1.54, 1.807) is 0 Å². The van der Waals surface area contributed by atoms with Crippen LogP contribution in [0.5, 0.6) is 0 Å². The minimum Gasteiger partial charge on any atom is -0.469 e. The zero-order valence-corrected chi connectivity index (χ0v) is 17.2. The van der Waals surface area contributed by atoms with Crippen molar-refractivity contribution in [2.45, 2.75) is 19.4 Å². The summed E-state index contributed by atoms with van der Waals surface area (Å²) >= 11 is 6.31. The van der Waals surface area contributed by atoms with Gasteiger partial charge >= 0.3 is 5.97 Å². The second-order valence-corrected chi connectivity index (χ2v) is 7.51. The maximum atomic E-state index is 12.1. The van der Waals surface area contributed by atoms with E-state index in [4.69, 9.17) is 16.3 Å². The average Bonchev–Trinajstić information content (AvgIpc) is 3.01. The van der Waals surface area contributed by atoms with Gasteiger partial charge in [0, 0.05) is 21.6 Å². The molecule has 0 unspecified atom stereocenters. The van der Waals surface area contributed by atoms with Crippen molar-refractivity contribution in [3.63, 3.8) is 0 Å². The van der Waals surface area contributed by atoms with Crippen molar-refractivity contribution in [1.82, 2.24) is 4.57 Å². The molecule has 0 aliphatic heterocycles. The standard InChI is InChI=1S/C25H22ClNO2/c1-17-21(16-24(28)29-2)22-15-20(26)13-14-23(22)27(17)25(18-9-5-3-6-10-18)19-11-7-4-8-12-19/h3-15,25H,16H2,1-2H3. The van der Waals surface area contributed by atoms with Crippen molar-refractivity contribution >= 4 is 28.5 Å². The molecular formula is C25H22ClNO2. The Morgan fingerprint density at radius 1 is 0.966 bits per heavy atom. The van der Waals surface area contributed by atoms with Gasteiger partial charge < -0.3 is 9.30 Å². The molecule has 0 N–H and O–H groups in total. The number of hydrogen-bond donors (Lipinski definition) is 0. The van der Waals surface area contributed by atoms with Crippen LogP contribution in [0.1, 0.15) is 28.4 Å². The molecule has 4 heteroatoms. The van der Waals surface area contributed by atoms with Crippen molar-refractivity contribution in [3.05, 3.63) is 106 Å². The lowest BCUT2D eigenvalue weighted by atomic mass is 9.98. The Kier molecular flexibility index (Phi) is 5.41. The van der Waals surface area contributed by atoms with E-state index in [-0.39, 0.29) is 18.4 Å². The van der Waals surface area contributed by atoms with Crippen molar-refractivity contribution in [1.29, 1.82) is 0 Å².